The number of phenolic OH excluding ortho intramolecular Hbond substituents is 2. The maximum atomic E-state index is 9.89. The molecule has 1 atom stereocenters. The van der Waals surface area contributed by atoms with Gasteiger partial charge in [0.25, 0.3) is 0 Å². The highest BCUT2D eigenvalue weighted by molar-refractivity contribution is 6.33. The van der Waals surface area contributed by atoms with Crippen LogP contribution in [-0.2, 0) is 6.42 Å². The summed E-state index contributed by atoms with van der Waals surface area (Å²) in [6.45, 7) is 1.47. The second-order valence-electron chi connectivity index (χ2n) is 5.15. The van der Waals surface area contributed by atoms with Crippen molar-refractivity contribution in [1.29, 1.82) is 0 Å². The van der Waals surface area contributed by atoms with E-state index < -0.39 is 0 Å². The Kier molecular flexibility index (Phi) is 3.98. The van der Waals surface area contributed by atoms with Crippen LogP contribution in [0.1, 0.15) is 22.6 Å². The molecule has 1 aliphatic heterocycles. The van der Waals surface area contributed by atoms with Gasteiger partial charge in [-0.05, 0) is 41.8 Å². The van der Waals surface area contributed by atoms with Crippen molar-refractivity contribution >= 4 is 23.2 Å². The second-order valence-corrected chi connectivity index (χ2v) is 5.94. The number of rotatable bonds is 1. The zero-order valence-electron chi connectivity index (χ0n) is 11.2. The summed E-state index contributed by atoms with van der Waals surface area (Å²) in [7, 11) is 0. The monoisotopic (exact) mass is 323 g/mol. The fourth-order valence-electron chi connectivity index (χ4n) is 2.85. The molecule has 0 saturated heterocycles. The van der Waals surface area contributed by atoms with Crippen molar-refractivity contribution in [2.45, 2.75) is 12.3 Å². The van der Waals surface area contributed by atoms with E-state index in [1.54, 1.807) is 6.07 Å². The Bertz CT molecular complexity index is 688. The predicted molar refractivity (Wildman–Crippen MR) is 84.7 cm³/mol. The first-order chi connectivity index (χ1) is 10.1. The van der Waals surface area contributed by atoms with Crippen molar-refractivity contribution in [3.8, 4) is 11.5 Å². The summed E-state index contributed by atoms with van der Waals surface area (Å²) in [5.74, 6) is -0.465. The van der Waals surface area contributed by atoms with Gasteiger partial charge in [-0.3, -0.25) is 0 Å². The van der Waals surface area contributed by atoms with Crippen LogP contribution in [0.4, 0.5) is 0 Å². The van der Waals surface area contributed by atoms with Gasteiger partial charge >= 0.3 is 0 Å². The molecule has 0 spiro atoms. The van der Waals surface area contributed by atoms with Gasteiger partial charge in [-0.1, -0.05) is 41.4 Å². The Morgan fingerprint density at radius 1 is 1.10 bits per heavy atom. The molecule has 5 heteroatoms. The third-order valence-electron chi connectivity index (χ3n) is 3.91. The average Bonchev–Trinajstić information content (AvgIpc) is 2.68. The van der Waals surface area contributed by atoms with E-state index >= 15 is 0 Å². The summed E-state index contributed by atoms with van der Waals surface area (Å²) in [4.78, 5) is 0. The maximum Gasteiger partial charge on any atom is 0.176 e. The largest absolute Gasteiger partial charge is 0.504 e. The van der Waals surface area contributed by atoms with Crippen LogP contribution in [0.5, 0.6) is 11.5 Å². The minimum atomic E-state index is -0.254. The van der Waals surface area contributed by atoms with E-state index in [4.69, 9.17) is 23.2 Å². The fraction of sp³-hybridized carbons (Fsp3) is 0.250. The molecule has 0 radical (unpaired) electrons. The Morgan fingerprint density at radius 3 is 2.62 bits per heavy atom. The summed E-state index contributed by atoms with van der Waals surface area (Å²) in [6, 6.07) is 9.24. The van der Waals surface area contributed by atoms with E-state index in [1.807, 2.05) is 24.3 Å². The molecule has 3 rings (SSSR count). The molecule has 3 nitrogen and oxygen atoms in total. The molecule has 2 aromatic carbocycles. The molecule has 1 unspecified atom stereocenters. The first-order valence-electron chi connectivity index (χ1n) is 6.78. The molecule has 0 amide bonds. The molecule has 0 fully saturated rings. The summed E-state index contributed by atoms with van der Waals surface area (Å²) in [6.07, 6.45) is 0.697. The topological polar surface area (TPSA) is 52.5 Å². The molecular formula is C16H15Cl2NO2. The van der Waals surface area contributed by atoms with Gasteiger partial charge in [0.2, 0.25) is 0 Å². The third-order valence-corrected chi connectivity index (χ3v) is 4.66. The number of benzene rings is 2. The van der Waals surface area contributed by atoms with Crippen molar-refractivity contribution in [3.05, 3.63) is 57.1 Å². The number of phenols is 2. The van der Waals surface area contributed by atoms with Crippen molar-refractivity contribution < 1.29 is 10.2 Å². The van der Waals surface area contributed by atoms with E-state index in [0.29, 0.717) is 18.0 Å². The summed E-state index contributed by atoms with van der Waals surface area (Å²) >= 11 is 12.5. The van der Waals surface area contributed by atoms with E-state index in [0.717, 1.165) is 23.2 Å². The van der Waals surface area contributed by atoms with Crippen LogP contribution >= 0.6 is 23.2 Å². The first-order valence-corrected chi connectivity index (χ1v) is 7.53. The van der Waals surface area contributed by atoms with E-state index in [2.05, 4.69) is 5.32 Å². The molecule has 0 aliphatic carbocycles. The standard InChI is InChI=1S/C16H15Cl2NO2/c17-13-4-2-1-3-9(13)12-8-19-6-5-10-11(12)7-14(20)16(21)15(10)18/h1-4,7,12,19-21H,5-6,8H2. The van der Waals surface area contributed by atoms with Crippen LogP contribution in [0.2, 0.25) is 10.0 Å². The Hall–Kier alpha value is -1.42. The molecule has 3 N–H and O–H groups in total. The summed E-state index contributed by atoms with van der Waals surface area (Å²) in [5, 5.41) is 24.0. The lowest BCUT2D eigenvalue weighted by Crippen LogP contribution is -2.21. The predicted octanol–water partition coefficient (Wildman–Crippen LogP) is 3.68. The zero-order chi connectivity index (χ0) is 15.0. The SMILES string of the molecule is Oc1cc2c(c(Cl)c1O)CCNCC2c1ccccc1Cl. The smallest absolute Gasteiger partial charge is 0.176 e. The van der Waals surface area contributed by atoms with E-state index in [-0.39, 0.29) is 22.4 Å². The van der Waals surface area contributed by atoms with Crippen LogP contribution < -0.4 is 5.32 Å². The molecule has 0 bridgehead atoms. The zero-order valence-corrected chi connectivity index (χ0v) is 12.7. The van der Waals surface area contributed by atoms with Crippen molar-refractivity contribution in [2.75, 3.05) is 13.1 Å². The minimum absolute atomic E-state index is 0.0137. The minimum Gasteiger partial charge on any atom is -0.504 e. The number of hydrogen-bond donors (Lipinski definition) is 3. The molecule has 0 aromatic heterocycles. The van der Waals surface area contributed by atoms with Crippen LogP contribution in [0, 0.1) is 0 Å². The number of aromatic hydroxyl groups is 2. The second kappa shape index (κ2) is 5.76. The highest BCUT2D eigenvalue weighted by atomic mass is 35.5. The summed E-state index contributed by atoms with van der Waals surface area (Å²) in [5.41, 5.74) is 2.76. The van der Waals surface area contributed by atoms with Gasteiger partial charge in [0, 0.05) is 17.5 Å². The van der Waals surface area contributed by atoms with Crippen LogP contribution in [-0.4, -0.2) is 23.3 Å². The highest BCUT2D eigenvalue weighted by Gasteiger charge is 2.26. The molecule has 21 heavy (non-hydrogen) atoms. The lowest BCUT2D eigenvalue weighted by Gasteiger charge is -2.21. The lowest BCUT2D eigenvalue weighted by molar-refractivity contribution is 0.402. The fourth-order valence-corrected chi connectivity index (χ4v) is 3.42. The Balaban J connectivity index is 2.20. The number of halogens is 2. The van der Waals surface area contributed by atoms with Gasteiger partial charge in [-0.25, -0.2) is 0 Å². The molecule has 1 heterocycles. The van der Waals surface area contributed by atoms with Crippen LogP contribution in [0.15, 0.2) is 30.3 Å². The van der Waals surface area contributed by atoms with Gasteiger partial charge in [-0.2, -0.15) is 0 Å². The van der Waals surface area contributed by atoms with Crippen LogP contribution in [0.3, 0.4) is 0 Å². The Labute approximate surface area is 133 Å². The third kappa shape index (κ3) is 2.57. The highest BCUT2D eigenvalue weighted by Crippen LogP contribution is 2.43. The quantitative estimate of drug-likeness (QED) is 0.702. The van der Waals surface area contributed by atoms with Crippen molar-refractivity contribution in [1.82, 2.24) is 5.32 Å². The molecule has 0 saturated carbocycles. The van der Waals surface area contributed by atoms with Crippen LogP contribution in [0.25, 0.3) is 0 Å². The Morgan fingerprint density at radius 2 is 1.86 bits per heavy atom. The number of nitrogens with one attached hydrogen (secondary N) is 1. The number of hydrogen-bond acceptors (Lipinski definition) is 3. The van der Waals surface area contributed by atoms with Gasteiger partial charge in [-0.15, -0.1) is 0 Å². The lowest BCUT2D eigenvalue weighted by atomic mass is 9.87. The van der Waals surface area contributed by atoms with Gasteiger partial charge in [0.1, 0.15) is 0 Å². The molecular weight excluding hydrogens is 309 g/mol. The summed E-state index contributed by atoms with van der Waals surface area (Å²) < 4.78 is 0. The van der Waals surface area contributed by atoms with Gasteiger partial charge in [0.15, 0.2) is 11.5 Å². The average molecular weight is 324 g/mol. The van der Waals surface area contributed by atoms with Crippen molar-refractivity contribution in [3.63, 3.8) is 0 Å². The molecule has 110 valence electrons. The van der Waals surface area contributed by atoms with Gasteiger partial charge < -0.3 is 15.5 Å². The maximum absolute atomic E-state index is 9.89. The molecule has 2 aromatic rings. The van der Waals surface area contributed by atoms with Gasteiger partial charge in [0.05, 0.1) is 5.02 Å². The first kappa shape index (κ1) is 14.5. The van der Waals surface area contributed by atoms with E-state index in [9.17, 15) is 10.2 Å². The molecule has 1 aliphatic rings. The van der Waals surface area contributed by atoms with E-state index in [1.165, 1.54) is 0 Å². The van der Waals surface area contributed by atoms with Crippen molar-refractivity contribution in [2.24, 2.45) is 0 Å². The normalized spacial score (nSPS) is 18.1. The number of fused-ring (bicyclic) bond motifs is 1.